The highest BCUT2D eigenvalue weighted by Gasteiger charge is 2.53. The summed E-state index contributed by atoms with van der Waals surface area (Å²) in [5.74, 6) is 3.43. The summed E-state index contributed by atoms with van der Waals surface area (Å²) in [6, 6.07) is 6.56. The second kappa shape index (κ2) is 6.19. The topological polar surface area (TPSA) is 74.9 Å². The second-order valence-corrected chi connectivity index (χ2v) is 9.01. The van der Waals surface area contributed by atoms with Gasteiger partial charge in [-0.25, -0.2) is 0 Å². The van der Waals surface area contributed by atoms with Gasteiger partial charge in [0.15, 0.2) is 0 Å². The van der Waals surface area contributed by atoms with E-state index in [1.54, 1.807) is 0 Å². The van der Waals surface area contributed by atoms with Gasteiger partial charge in [-0.3, -0.25) is 4.90 Å². The third-order valence-corrected chi connectivity index (χ3v) is 6.95. The average Bonchev–Trinajstić information content (AvgIpc) is 3.06. The van der Waals surface area contributed by atoms with Crippen molar-refractivity contribution in [1.29, 1.82) is 0 Å². The number of benzene rings is 1. The number of nitrogens with zero attached hydrogens (tertiary/aromatic N) is 4. The molecule has 1 aliphatic carbocycles. The van der Waals surface area contributed by atoms with E-state index in [-0.39, 0.29) is 12.0 Å². The van der Waals surface area contributed by atoms with Gasteiger partial charge < -0.3 is 19.3 Å². The standard InChI is InChI=1S/C21H26N4O3/c26-13-21-11-24(8-14-1-4-18-16(7-14)5-6-27-18)9-17(21)10-25(12-21)20-22-19(28-23-20)15-2-3-15/h1,4,7,15,17,26H,2-3,5-6,8-13H2. The minimum atomic E-state index is -0.0970. The van der Waals surface area contributed by atoms with E-state index >= 15 is 0 Å². The molecule has 3 fully saturated rings. The predicted octanol–water partition coefficient (Wildman–Crippen LogP) is 1.81. The van der Waals surface area contributed by atoms with E-state index in [0.717, 1.165) is 70.2 Å². The molecule has 28 heavy (non-hydrogen) atoms. The molecule has 4 aliphatic rings. The van der Waals surface area contributed by atoms with Crippen LogP contribution in [0.1, 0.15) is 35.8 Å². The number of fused-ring (bicyclic) bond motifs is 2. The van der Waals surface area contributed by atoms with Gasteiger partial charge in [0.1, 0.15) is 5.75 Å². The fourth-order valence-corrected chi connectivity index (χ4v) is 5.24. The number of ether oxygens (including phenoxy) is 1. The molecular weight excluding hydrogens is 356 g/mol. The van der Waals surface area contributed by atoms with E-state index < -0.39 is 0 Å². The number of hydrogen-bond donors (Lipinski definition) is 1. The van der Waals surface area contributed by atoms with Crippen molar-refractivity contribution in [3.05, 3.63) is 35.2 Å². The van der Waals surface area contributed by atoms with Gasteiger partial charge in [0, 0.05) is 50.5 Å². The van der Waals surface area contributed by atoms with Crippen molar-refractivity contribution in [2.24, 2.45) is 11.3 Å². The van der Waals surface area contributed by atoms with Gasteiger partial charge in [0.2, 0.25) is 5.89 Å². The first-order chi connectivity index (χ1) is 13.7. The van der Waals surface area contributed by atoms with Crippen molar-refractivity contribution in [2.75, 3.05) is 44.3 Å². The number of aliphatic hydroxyl groups is 1. The van der Waals surface area contributed by atoms with E-state index in [4.69, 9.17) is 9.26 Å². The average molecular weight is 382 g/mol. The van der Waals surface area contributed by atoms with Crippen LogP contribution in [0.2, 0.25) is 0 Å². The van der Waals surface area contributed by atoms with Gasteiger partial charge >= 0.3 is 0 Å². The zero-order valence-corrected chi connectivity index (χ0v) is 16.0. The van der Waals surface area contributed by atoms with E-state index in [9.17, 15) is 5.11 Å². The van der Waals surface area contributed by atoms with Crippen molar-refractivity contribution in [2.45, 2.75) is 31.7 Å². The number of anilines is 1. The molecule has 2 unspecified atom stereocenters. The molecule has 3 aliphatic heterocycles. The molecule has 1 aromatic heterocycles. The van der Waals surface area contributed by atoms with Gasteiger partial charge in [-0.05, 0) is 41.1 Å². The maximum atomic E-state index is 10.3. The van der Waals surface area contributed by atoms with E-state index in [1.807, 2.05) is 0 Å². The number of aliphatic hydroxyl groups excluding tert-OH is 1. The maximum Gasteiger partial charge on any atom is 0.266 e. The Morgan fingerprint density at radius 2 is 2.14 bits per heavy atom. The third kappa shape index (κ3) is 2.71. The van der Waals surface area contributed by atoms with Gasteiger partial charge in [-0.2, -0.15) is 4.98 Å². The molecule has 0 radical (unpaired) electrons. The molecule has 6 rings (SSSR count). The molecule has 1 aromatic carbocycles. The Labute approximate surface area is 164 Å². The molecule has 4 heterocycles. The number of likely N-dealkylation sites (tertiary alicyclic amines) is 1. The monoisotopic (exact) mass is 382 g/mol. The van der Waals surface area contributed by atoms with Crippen LogP contribution in [0.4, 0.5) is 5.95 Å². The Hall–Kier alpha value is -2.12. The summed E-state index contributed by atoms with van der Waals surface area (Å²) in [6.07, 6.45) is 3.33. The summed E-state index contributed by atoms with van der Waals surface area (Å²) in [4.78, 5) is 9.30. The zero-order chi connectivity index (χ0) is 18.7. The third-order valence-electron chi connectivity index (χ3n) is 6.95. The molecule has 1 saturated carbocycles. The Morgan fingerprint density at radius 3 is 2.96 bits per heavy atom. The smallest absolute Gasteiger partial charge is 0.266 e. The van der Waals surface area contributed by atoms with Crippen molar-refractivity contribution >= 4 is 5.95 Å². The fourth-order valence-electron chi connectivity index (χ4n) is 5.24. The first-order valence-electron chi connectivity index (χ1n) is 10.4. The van der Waals surface area contributed by atoms with Crippen LogP contribution in [-0.4, -0.2) is 59.5 Å². The Kier molecular flexibility index (Phi) is 3.71. The highest BCUT2D eigenvalue weighted by molar-refractivity contribution is 5.40. The lowest BCUT2D eigenvalue weighted by Crippen LogP contribution is -2.37. The summed E-state index contributed by atoms with van der Waals surface area (Å²) in [5, 5.41) is 14.5. The maximum absolute atomic E-state index is 10.3. The quantitative estimate of drug-likeness (QED) is 0.845. The van der Waals surface area contributed by atoms with Crippen LogP contribution in [0.15, 0.2) is 22.7 Å². The van der Waals surface area contributed by atoms with E-state index in [1.165, 1.54) is 11.1 Å². The minimum Gasteiger partial charge on any atom is -0.493 e. The summed E-state index contributed by atoms with van der Waals surface area (Å²) < 4.78 is 11.1. The fraction of sp³-hybridized carbons (Fsp3) is 0.619. The number of aromatic nitrogens is 2. The lowest BCUT2D eigenvalue weighted by atomic mass is 9.82. The molecule has 2 aromatic rings. The molecule has 0 amide bonds. The molecule has 7 heteroatoms. The highest BCUT2D eigenvalue weighted by atomic mass is 16.5. The molecule has 2 saturated heterocycles. The molecule has 148 valence electrons. The van der Waals surface area contributed by atoms with Crippen LogP contribution in [0.25, 0.3) is 0 Å². The van der Waals surface area contributed by atoms with E-state index in [0.29, 0.717) is 17.8 Å². The molecular formula is C21H26N4O3. The first-order valence-corrected chi connectivity index (χ1v) is 10.4. The molecule has 1 N–H and O–H groups in total. The van der Waals surface area contributed by atoms with Crippen LogP contribution >= 0.6 is 0 Å². The van der Waals surface area contributed by atoms with Crippen LogP contribution in [0.5, 0.6) is 5.75 Å². The van der Waals surface area contributed by atoms with Gasteiger partial charge in [-0.1, -0.05) is 12.1 Å². The molecule has 7 nitrogen and oxygen atoms in total. The van der Waals surface area contributed by atoms with Gasteiger partial charge in [0.05, 0.1) is 13.2 Å². The lowest BCUT2D eigenvalue weighted by molar-refractivity contribution is 0.125. The van der Waals surface area contributed by atoms with Crippen LogP contribution in [0, 0.1) is 11.3 Å². The van der Waals surface area contributed by atoms with Gasteiger partial charge in [-0.15, -0.1) is 0 Å². The predicted molar refractivity (Wildman–Crippen MR) is 102 cm³/mol. The van der Waals surface area contributed by atoms with Crippen molar-refractivity contribution in [3.8, 4) is 5.75 Å². The van der Waals surface area contributed by atoms with Crippen molar-refractivity contribution in [1.82, 2.24) is 15.0 Å². The second-order valence-electron chi connectivity index (χ2n) is 9.01. The molecule has 0 spiro atoms. The Balaban J connectivity index is 1.15. The first kappa shape index (κ1) is 16.8. The summed E-state index contributed by atoms with van der Waals surface area (Å²) in [6.45, 7) is 5.52. The van der Waals surface area contributed by atoms with Crippen LogP contribution in [0.3, 0.4) is 0 Å². The summed E-state index contributed by atoms with van der Waals surface area (Å²) in [7, 11) is 0. The van der Waals surface area contributed by atoms with Crippen LogP contribution in [-0.2, 0) is 13.0 Å². The lowest BCUT2D eigenvalue weighted by Gasteiger charge is -2.27. The summed E-state index contributed by atoms with van der Waals surface area (Å²) >= 11 is 0. The van der Waals surface area contributed by atoms with Crippen molar-refractivity contribution in [3.63, 3.8) is 0 Å². The number of hydrogen-bond acceptors (Lipinski definition) is 7. The van der Waals surface area contributed by atoms with Gasteiger partial charge in [0.25, 0.3) is 5.95 Å². The molecule has 0 bridgehead atoms. The van der Waals surface area contributed by atoms with Crippen molar-refractivity contribution < 1.29 is 14.4 Å². The van der Waals surface area contributed by atoms with Crippen LogP contribution < -0.4 is 9.64 Å². The Morgan fingerprint density at radius 1 is 1.21 bits per heavy atom. The summed E-state index contributed by atoms with van der Waals surface area (Å²) in [5.41, 5.74) is 2.56. The normalized spacial score (nSPS) is 29.2. The SMILES string of the molecule is OCC12CN(Cc3ccc4c(c3)CCO4)CC1CN(c1noc(C3CC3)n1)C2. The number of rotatable bonds is 5. The Bertz CT molecular complexity index is 896. The zero-order valence-electron chi connectivity index (χ0n) is 16.0. The highest BCUT2D eigenvalue weighted by Crippen LogP contribution is 2.45. The largest absolute Gasteiger partial charge is 0.493 e. The minimum absolute atomic E-state index is 0.0970. The van der Waals surface area contributed by atoms with E-state index in [2.05, 4.69) is 38.1 Å². The molecule has 2 atom stereocenters.